The van der Waals surface area contributed by atoms with Gasteiger partial charge in [0.15, 0.2) is 0 Å². The molecule has 4 aromatic rings. The minimum Gasteiger partial charge on any atom is -0.445 e. The van der Waals surface area contributed by atoms with Crippen molar-refractivity contribution in [2.45, 2.75) is 26.1 Å². The number of nitrogens with zero attached hydrogens (tertiary/aromatic N) is 4. The van der Waals surface area contributed by atoms with Crippen LogP contribution in [0.5, 0.6) is 5.75 Å². The van der Waals surface area contributed by atoms with E-state index in [1.807, 2.05) is 24.3 Å². The van der Waals surface area contributed by atoms with Crippen molar-refractivity contribution in [2.75, 3.05) is 11.9 Å². The molecule has 0 amide bonds. The van der Waals surface area contributed by atoms with Gasteiger partial charge in [0, 0.05) is 18.0 Å². The van der Waals surface area contributed by atoms with Crippen molar-refractivity contribution >= 4 is 17.8 Å². The van der Waals surface area contributed by atoms with Gasteiger partial charge in [-0.1, -0.05) is 29.5 Å². The highest BCUT2D eigenvalue weighted by molar-refractivity contribution is 5.66. The third-order valence-corrected chi connectivity index (χ3v) is 4.73. The summed E-state index contributed by atoms with van der Waals surface area (Å²) in [6, 6.07) is 13.4. The molecule has 0 saturated heterocycles. The van der Waals surface area contributed by atoms with Crippen LogP contribution in [0, 0.1) is 0 Å². The SMILES string of the molecule is FC(F)(F)Oc1ccc(/C=C/c2nc(CNc3ccc(COCCn4ccnn4)cc3)co2)cc1. The van der Waals surface area contributed by atoms with Crippen LogP contribution in [-0.4, -0.2) is 32.9 Å². The van der Waals surface area contributed by atoms with Gasteiger partial charge in [0.05, 0.1) is 38.2 Å². The van der Waals surface area contributed by atoms with E-state index >= 15 is 0 Å². The van der Waals surface area contributed by atoms with E-state index in [1.54, 1.807) is 35.5 Å². The molecule has 2 heterocycles. The lowest BCUT2D eigenvalue weighted by Crippen LogP contribution is -2.16. The van der Waals surface area contributed by atoms with Crippen LogP contribution in [0.2, 0.25) is 0 Å². The molecule has 182 valence electrons. The predicted molar refractivity (Wildman–Crippen MR) is 122 cm³/mol. The highest BCUT2D eigenvalue weighted by Gasteiger charge is 2.30. The molecule has 8 nitrogen and oxygen atoms in total. The van der Waals surface area contributed by atoms with E-state index in [1.165, 1.54) is 24.3 Å². The first kappa shape index (κ1) is 24.0. The van der Waals surface area contributed by atoms with Crippen molar-refractivity contribution in [1.29, 1.82) is 0 Å². The lowest BCUT2D eigenvalue weighted by Gasteiger charge is -2.08. The van der Waals surface area contributed by atoms with Gasteiger partial charge >= 0.3 is 6.36 Å². The molecule has 1 N–H and O–H groups in total. The highest BCUT2D eigenvalue weighted by atomic mass is 19.4. The van der Waals surface area contributed by atoms with Gasteiger partial charge in [0.1, 0.15) is 12.0 Å². The molecule has 2 aromatic carbocycles. The van der Waals surface area contributed by atoms with Gasteiger partial charge in [-0.15, -0.1) is 18.3 Å². The molecule has 0 aliphatic rings. The van der Waals surface area contributed by atoms with Crippen molar-refractivity contribution in [3.63, 3.8) is 0 Å². The Balaban J connectivity index is 1.20. The molecule has 0 radical (unpaired) electrons. The summed E-state index contributed by atoms with van der Waals surface area (Å²) in [6.45, 7) is 2.17. The van der Waals surface area contributed by atoms with Crippen LogP contribution < -0.4 is 10.1 Å². The fourth-order valence-electron chi connectivity index (χ4n) is 3.04. The first-order valence-corrected chi connectivity index (χ1v) is 10.7. The summed E-state index contributed by atoms with van der Waals surface area (Å²) >= 11 is 0. The summed E-state index contributed by atoms with van der Waals surface area (Å²) in [6.07, 6.45) is 3.58. The third kappa shape index (κ3) is 8.00. The largest absolute Gasteiger partial charge is 0.573 e. The van der Waals surface area contributed by atoms with E-state index in [4.69, 9.17) is 9.15 Å². The number of halogens is 3. The van der Waals surface area contributed by atoms with Gasteiger partial charge in [-0.3, -0.25) is 4.68 Å². The second kappa shape index (κ2) is 11.3. The van der Waals surface area contributed by atoms with Crippen molar-refractivity contribution in [3.8, 4) is 5.75 Å². The topological polar surface area (TPSA) is 87.2 Å². The van der Waals surface area contributed by atoms with Crippen LogP contribution in [0.3, 0.4) is 0 Å². The van der Waals surface area contributed by atoms with Gasteiger partial charge in [-0.05, 0) is 41.5 Å². The number of oxazole rings is 1. The van der Waals surface area contributed by atoms with Gasteiger partial charge in [-0.25, -0.2) is 4.98 Å². The van der Waals surface area contributed by atoms with Crippen LogP contribution in [0.1, 0.15) is 22.7 Å². The third-order valence-electron chi connectivity index (χ3n) is 4.73. The highest BCUT2D eigenvalue weighted by Crippen LogP contribution is 2.23. The lowest BCUT2D eigenvalue weighted by molar-refractivity contribution is -0.274. The Bertz CT molecular complexity index is 1200. The zero-order valence-electron chi connectivity index (χ0n) is 18.5. The fourth-order valence-corrected chi connectivity index (χ4v) is 3.04. The van der Waals surface area contributed by atoms with Crippen LogP contribution in [0.15, 0.2) is 71.6 Å². The Kier molecular flexibility index (Phi) is 7.78. The number of aromatic nitrogens is 4. The second-order valence-corrected chi connectivity index (χ2v) is 7.40. The molecule has 4 rings (SSSR count). The first-order valence-electron chi connectivity index (χ1n) is 10.7. The quantitative estimate of drug-likeness (QED) is 0.294. The number of hydrogen-bond acceptors (Lipinski definition) is 7. The molecule has 11 heteroatoms. The molecule has 0 unspecified atom stereocenters. The predicted octanol–water partition coefficient (Wildman–Crippen LogP) is 5.16. The maximum absolute atomic E-state index is 12.2. The summed E-state index contributed by atoms with van der Waals surface area (Å²) in [5, 5.41) is 10.9. The zero-order valence-corrected chi connectivity index (χ0v) is 18.5. The standard InChI is InChI=1S/C24H22F3N5O3/c25-24(26,27)35-22-8-3-18(4-9-22)5-10-23-30-21(17-34-23)15-28-20-6-1-19(2-7-20)16-33-14-13-32-12-11-29-31-32/h1-12,17,28H,13-16H2/b10-5+. The van der Waals surface area contributed by atoms with Crippen molar-refractivity contribution in [3.05, 3.63) is 89.9 Å². The van der Waals surface area contributed by atoms with E-state index in [0.717, 1.165) is 11.3 Å². The van der Waals surface area contributed by atoms with Crippen molar-refractivity contribution in [1.82, 2.24) is 20.0 Å². The Morgan fingerprint density at radius 3 is 2.54 bits per heavy atom. The number of nitrogens with one attached hydrogen (secondary N) is 1. The molecular formula is C24H22F3N5O3. The number of anilines is 1. The maximum Gasteiger partial charge on any atom is 0.573 e. The van der Waals surface area contributed by atoms with E-state index in [-0.39, 0.29) is 5.75 Å². The summed E-state index contributed by atoms with van der Waals surface area (Å²) in [5.74, 6) is 0.110. The minimum atomic E-state index is -4.71. The second-order valence-electron chi connectivity index (χ2n) is 7.40. The van der Waals surface area contributed by atoms with Gasteiger partial charge in [0.25, 0.3) is 0 Å². The number of alkyl halides is 3. The summed E-state index contributed by atoms with van der Waals surface area (Å²) in [7, 11) is 0. The number of hydrogen-bond donors (Lipinski definition) is 1. The molecule has 0 aliphatic carbocycles. The minimum absolute atomic E-state index is 0.275. The van der Waals surface area contributed by atoms with E-state index in [0.29, 0.717) is 43.5 Å². The van der Waals surface area contributed by atoms with E-state index < -0.39 is 6.36 Å². The molecular weight excluding hydrogens is 463 g/mol. The molecule has 0 bridgehead atoms. The average Bonchev–Trinajstić information content (AvgIpc) is 3.52. The Morgan fingerprint density at radius 1 is 1.03 bits per heavy atom. The summed E-state index contributed by atoms with van der Waals surface area (Å²) in [4.78, 5) is 4.37. The van der Waals surface area contributed by atoms with Crippen LogP contribution in [0.4, 0.5) is 18.9 Å². The van der Waals surface area contributed by atoms with Gasteiger partial charge in [-0.2, -0.15) is 0 Å². The summed E-state index contributed by atoms with van der Waals surface area (Å²) < 4.78 is 53.3. The number of rotatable bonds is 11. The first-order chi connectivity index (χ1) is 16.9. The number of benzene rings is 2. The Labute approximate surface area is 199 Å². The fraction of sp³-hybridized carbons (Fsp3) is 0.208. The molecule has 0 atom stereocenters. The van der Waals surface area contributed by atoms with Crippen LogP contribution >= 0.6 is 0 Å². The Hall–Kier alpha value is -4.12. The molecule has 0 fully saturated rings. The van der Waals surface area contributed by atoms with Crippen molar-refractivity contribution < 1.29 is 27.1 Å². The molecule has 35 heavy (non-hydrogen) atoms. The van der Waals surface area contributed by atoms with Crippen LogP contribution in [-0.2, 0) is 24.4 Å². The normalized spacial score (nSPS) is 11.7. The maximum atomic E-state index is 12.2. The molecule has 0 saturated carbocycles. The zero-order chi connectivity index (χ0) is 24.5. The monoisotopic (exact) mass is 485 g/mol. The van der Waals surface area contributed by atoms with Gasteiger partial charge < -0.3 is 19.2 Å². The smallest absolute Gasteiger partial charge is 0.445 e. The van der Waals surface area contributed by atoms with E-state index in [2.05, 4.69) is 25.3 Å². The van der Waals surface area contributed by atoms with Crippen molar-refractivity contribution in [2.24, 2.45) is 0 Å². The number of ether oxygens (including phenoxy) is 2. The molecule has 2 aromatic heterocycles. The average molecular weight is 485 g/mol. The Morgan fingerprint density at radius 2 is 1.83 bits per heavy atom. The molecule has 0 spiro atoms. The van der Waals surface area contributed by atoms with Gasteiger partial charge in [0.2, 0.25) is 5.89 Å². The van der Waals surface area contributed by atoms with E-state index in [9.17, 15) is 13.2 Å². The van der Waals surface area contributed by atoms with Crippen LogP contribution in [0.25, 0.3) is 12.2 Å². The lowest BCUT2D eigenvalue weighted by atomic mass is 10.2. The summed E-state index contributed by atoms with van der Waals surface area (Å²) in [5.41, 5.74) is 3.37. The molecule has 0 aliphatic heterocycles.